The number of rotatable bonds is 0. The van der Waals surface area contributed by atoms with E-state index in [-0.39, 0.29) is 0 Å². The maximum Gasteiger partial charge on any atom is 0.142 e. The van der Waals surface area contributed by atoms with Crippen molar-refractivity contribution in [2.24, 2.45) is 0 Å². The average molecular weight is 214 g/mol. The van der Waals surface area contributed by atoms with E-state index >= 15 is 0 Å². The molecule has 0 radical (unpaired) electrons. The number of fused-ring (bicyclic) bond motifs is 1. The quantitative estimate of drug-likeness (QED) is 0.656. The molecule has 0 fully saturated rings. The number of hydrogen-bond acceptors (Lipinski definition) is 2. The van der Waals surface area contributed by atoms with Gasteiger partial charge in [-0.25, -0.2) is 0 Å². The second kappa shape index (κ2) is 5.11. The van der Waals surface area contributed by atoms with Crippen molar-refractivity contribution in [1.29, 1.82) is 0 Å². The number of likely N-dealkylation sites (N-methyl/N-ethyl adjacent to an activating group) is 1. The molecule has 2 rings (SSSR count). The summed E-state index contributed by atoms with van der Waals surface area (Å²) in [5.74, 6) is 0.924. The molecule has 0 spiro atoms. The summed E-state index contributed by atoms with van der Waals surface area (Å²) >= 11 is 5.86. The molecule has 0 N–H and O–H groups in total. The second-order valence-electron chi connectivity index (χ2n) is 2.88. The van der Waals surface area contributed by atoms with Crippen LogP contribution in [-0.2, 0) is 0 Å². The van der Waals surface area contributed by atoms with E-state index in [1.807, 2.05) is 39.1 Å². The lowest BCUT2D eigenvalue weighted by molar-refractivity contribution is 0.311. The summed E-state index contributed by atoms with van der Waals surface area (Å²) in [6.45, 7) is 5.68. The van der Waals surface area contributed by atoms with Crippen LogP contribution in [0, 0.1) is 0 Å². The third-order valence-corrected chi connectivity index (χ3v) is 2.25. The highest BCUT2D eigenvalue weighted by Gasteiger charge is 2.13. The summed E-state index contributed by atoms with van der Waals surface area (Å²) in [5.41, 5.74) is 1.08. The van der Waals surface area contributed by atoms with Crippen LogP contribution in [0.2, 0.25) is 5.02 Å². The molecular formula is C11H16ClNO. The normalized spacial score (nSPS) is 13.6. The minimum atomic E-state index is 0.755. The van der Waals surface area contributed by atoms with Gasteiger partial charge in [0.25, 0.3) is 0 Å². The fourth-order valence-electron chi connectivity index (χ4n) is 1.32. The lowest BCUT2D eigenvalue weighted by atomic mass is 10.2. The van der Waals surface area contributed by atoms with Crippen molar-refractivity contribution in [2.75, 3.05) is 25.1 Å². The van der Waals surface area contributed by atoms with Crippen molar-refractivity contribution < 1.29 is 4.74 Å². The first-order valence-corrected chi connectivity index (χ1v) is 5.28. The Morgan fingerprint density at radius 2 is 2.07 bits per heavy atom. The van der Waals surface area contributed by atoms with Crippen molar-refractivity contribution in [3.05, 3.63) is 23.2 Å². The number of nitrogens with zero attached hydrogens (tertiary/aromatic N) is 1. The molecule has 0 amide bonds. The summed E-state index contributed by atoms with van der Waals surface area (Å²) in [6, 6.07) is 5.68. The van der Waals surface area contributed by atoms with Gasteiger partial charge in [0.15, 0.2) is 0 Å². The molecule has 2 nitrogen and oxygen atoms in total. The molecule has 0 saturated heterocycles. The van der Waals surface area contributed by atoms with Gasteiger partial charge in [-0.1, -0.05) is 25.4 Å². The fraction of sp³-hybridized carbons (Fsp3) is 0.455. The van der Waals surface area contributed by atoms with E-state index < -0.39 is 0 Å². The van der Waals surface area contributed by atoms with Gasteiger partial charge in [-0.05, 0) is 18.2 Å². The predicted molar refractivity (Wildman–Crippen MR) is 61.6 cm³/mol. The smallest absolute Gasteiger partial charge is 0.142 e. The van der Waals surface area contributed by atoms with Crippen molar-refractivity contribution >= 4 is 17.3 Å². The summed E-state index contributed by atoms with van der Waals surface area (Å²) in [6.07, 6.45) is 0. The first kappa shape index (κ1) is 11.2. The third kappa shape index (κ3) is 2.32. The van der Waals surface area contributed by atoms with E-state index in [1.165, 1.54) is 0 Å². The van der Waals surface area contributed by atoms with Gasteiger partial charge in [-0.2, -0.15) is 0 Å². The molecule has 3 heteroatoms. The minimum Gasteiger partial charge on any atom is -0.490 e. The van der Waals surface area contributed by atoms with Gasteiger partial charge >= 0.3 is 0 Å². The molecule has 0 unspecified atom stereocenters. The zero-order chi connectivity index (χ0) is 10.6. The highest BCUT2D eigenvalue weighted by Crippen LogP contribution is 2.32. The maximum absolute atomic E-state index is 5.86. The van der Waals surface area contributed by atoms with E-state index in [1.54, 1.807) is 0 Å². The Bertz CT molecular complexity index is 301. The van der Waals surface area contributed by atoms with Crippen LogP contribution in [0.1, 0.15) is 13.8 Å². The molecule has 1 aliphatic heterocycles. The van der Waals surface area contributed by atoms with E-state index in [0.717, 1.165) is 29.6 Å². The minimum absolute atomic E-state index is 0.755. The molecule has 78 valence electrons. The molecule has 1 aromatic rings. The average Bonchev–Trinajstić information content (AvgIpc) is 2.22. The summed E-state index contributed by atoms with van der Waals surface area (Å²) in [7, 11) is 2.04. The number of hydrogen-bond donors (Lipinski definition) is 0. The van der Waals surface area contributed by atoms with E-state index in [9.17, 15) is 0 Å². The van der Waals surface area contributed by atoms with Crippen LogP contribution in [0.15, 0.2) is 18.2 Å². The number of halogens is 1. The van der Waals surface area contributed by atoms with Crippen LogP contribution in [0.4, 0.5) is 5.69 Å². The zero-order valence-corrected chi connectivity index (χ0v) is 9.64. The van der Waals surface area contributed by atoms with Crippen molar-refractivity contribution in [2.45, 2.75) is 13.8 Å². The number of ether oxygens (including phenoxy) is 1. The van der Waals surface area contributed by atoms with Crippen LogP contribution >= 0.6 is 11.6 Å². The van der Waals surface area contributed by atoms with Gasteiger partial charge in [0.1, 0.15) is 12.4 Å². The zero-order valence-electron chi connectivity index (χ0n) is 8.88. The largest absolute Gasteiger partial charge is 0.490 e. The third-order valence-electron chi connectivity index (χ3n) is 2.02. The van der Waals surface area contributed by atoms with Crippen LogP contribution < -0.4 is 9.64 Å². The maximum atomic E-state index is 5.86. The summed E-state index contributed by atoms with van der Waals surface area (Å²) < 4.78 is 5.45. The molecule has 1 heterocycles. The number of benzene rings is 1. The Labute approximate surface area is 90.4 Å². The van der Waals surface area contributed by atoms with Gasteiger partial charge in [0.2, 0.25) is 0 Å². The monoisotopic (exact) mass is 213 g/mol. The van der Waals surface area contributed by atoms with Crippen LogP contribution in [-0.4, -0.2) is 20.2 Å². The molecule has 0 aromatic heterocycles. The predicted octanol–water partition coefficient (Wildman–Crippen LogP) is 3.19. The van der Waals surface area contributed by atoms with Crippen LogP contribution in [0.25, 0.3) is 0 Å². The molecule has 1 aliphatic rings. The first-order chi connectivity index (χ1) is 6.77. The lowest BCUT2D eigenvalue weighted by Gasteiger charge is -2.27. The molecule has 0 aliphatic carbocycles. The van der Waals surface area contributed by atoms with Crippen molar-refractivity contribution in [1.82, 2.24) is 0 Å². The Morgan fingerprint density at radius 1 is 1.36 bits per heavy atom. The first-order valence-electron chi connectivity index (χ1n) is 4.91. The van der Waals surface area contributed by atoms with E-state index in [0.29, 0.717) is 0 Å². The highest BCUT2D eigenvalue weighted by atomic mass is 35.5. The molecule has 0 bridgehead atoms. The molecule has 0 atom stereocenters. The van der Waals surface area contributed by atoms with E-state index in [2.05, 4.69) is 4.90 Å². The Hall–Kier alpha value is -0.890. The van der Waals surface area contributed by atoms with Crippen LogP contribution in [0.3, 0.4) is 0 Å². The van der Waals surface area contributed by atoms with Crippen LogP contribution in [0.5, 0.6) is 5.75 Å². The van der Waals surface area contributed by atoms with Gasteiger partial charge in [-0.15, -0.1) is 0 Å². The SMILES string of the molecule is CC.CN1CCOc2ccc(Cl)cc21. The molecule has 14 heavy (non-hydrogen) atoms. The molecular weight excluding hydrogens is 198 g/mol. The topological polar surface area (TPSA) is 12.5 Å². The van der Waals surface area contributed by atoms with E-state index in [4.69, 9.17) is 16.3 Å². The molecule has 1 aromatic carbocycles. The summed E-state index contributed by atoms with van der Waals surface area (Å²) in [5, 5.41) is 0.756. The highest BCUT2D eigenvalue weighted by molar-refractivity contribution is 6.30. The number of anilines is 1. The Morgan fingerprint density at radius 3 is 2.79 bits per heavy atom. The van der Waals surface area contributed by atoms with Gasteiger partial charge in [-0.3, -0.25) is 0 Å². The Balaban J connectivity index is 0.000000461. The molecule has 0 saturated carbocycles. The van der Waals surface area contributed by atoms with Crippen molar-refractivity contribution in [3.8, 4) is 5.75 Å². The Kier molecular flexibility index (Phi) is 4.08. The van der Waals surface area contributed by atoms with Crippen molar-refractivity contribution in [3.63, 3.8) is 0 Å². The van der Waals surface area contributed by atoms with Gasteiger partial charge in [0, 0.05) is 12.1 Å². The fourth-order valence-corrected chi connectivity index (χ4v) is 1.49. The van der Waals surface area contributed by atoms with Gasteiger partial charge in [0.05, 0.1) is 12.2 Å². The summed E-state index contributed by atoms with van der Waals surface area (Å²) in [4.78, 5) is 2.14. The standard InChI is InChI=1S/C9H10ClNO.C2H6/c1-11-4-5-12-9-3-2-7(10)6-8(9)11;1-2/h2-3,6H,4-5H2,1H3;1-2H3. The van der Waals surface area contributed by atoms with Gasteiger partial charge < -0.3 is 9.64 Å². The second-order valence-corrected chi connectivity index (χ2v) is 3.32. The lowest BCUT2D eigenvalue weighted by Crippen LogP contribution is -2.28.